The van der Waals surface area contributed by atoms with Crippen molar-refractivity contribution in [3.05, 3.63) is 199 Å². The van der Waals surface area contributed by atoms with Gasteiger partial charge in [-0.05, 0) is 76.3 Å². The molecule has 1 heterocycles. The van der Waals surface area contributed by atoms with Crippen LogP contribution in [0.1, 0.15) is 24.1 Å². The Labute approximate surface area is 311 Å². The summed E-state index contributed by atoms with van der Waals surface area (Å²) in [6, 6.07) is 58.7. The number of aromatic nitrogens is 1. The first kappa shape index (κ1) is 34.7. The molecule has 1 aromatic heterocycles. The molecule has 0 amide bonds. The fourth-order valence-corrected chi connectivity index (χ4v) is 7.12. The zero-order valence-electron chi connectivity index (χ0n) is 30.0. The van der Waals surface area contributed by atoms with Gasteiger partial charge in [-0.1, -0.05) is 158 Å². The lowest BCUT2D eigenvalue weighted by Gasteiger charge is -2.18. The van der Waals surface area contributed by atoms with E-state index in [1.165, 1.54) is 34.2 Å². The molecular weight excluding hydrogens is 647 g/mol. The number of benzene rings is 7. The Morgan fingerprint density at radius 1 is 0.566 bits per heavy atom. The smallest absolute Gasteiger partial charge is 0.126 e. The number of para-hydroxylation sites is 1. The van der Waals surface area contributed by atoms with Crippen LogP contribution in [0, 0.1) is 0 Å². The molecule has 0 aliphatic heterocycles. The third kappa shape index (κ3) is 6.98. The highest BCUT2D eigenvalue weighted by Crippen LogP contribution is 2.38. The van der Waals surface area contributed by atoms with Gasteiger partial charge in [-0.3, -0.25) is 4.99 Å². The molecule has 0 saturated carbocycles. The summed E-state index contributed by atoms with van der Waals surface area (Å²) in [5.41, 5.74) is 28.4. The highest BCUT2D eigenvalue weighted by Gasteiger charge is 2.19. The van der Waals surface area contributed by atoms with E-state index >= 15 is 0 Å². The van der Waals surface area contributed by atoms with E-state index in [1.807, 2.05) is 36.4 Å². The van der Waals surface area contributed by atoms with Gasteiger partial charge in [-0.15, -0.1) is 0 Å². The van der Waals surface area contributed by atoms with E-state index in [0.29, 0.717) is 5.84 Å². The maximum absolute atomic E-state index is 6.82. The van der Waals surface area contributed by atoms with E-state index in [1.54, 1.807) is 6.20 Å². The monoisotopic (exact) mass is 689 g/mol. The van der Waals surface area contributed by atoms with Gasteiger partial charge in [0.2, 0.25) is 0 Å². The second-order valence-electron chi connectivity index (χ2n) is 12.9. The lowest BCUT2D eigenvalue weighted by atomic mass is 9.96. The van der Waals surface area contributed by atoms with Gasteiger partial charge in [0.05, 0.1) is 22.8 Å². The lowest BCUT2D eigenvalue weighted by Crippen LogP contribution is -2.16. The molecule has 0 aliphatic rings. The number of amidine groups is 1. The van der Waals surface area contributed by atoms with Crippen LogP contribution in [0.5, 0.6) is 0 Å². The van der Waals surface area contributed by atoms with E-state index in [9.17, 15) is 0 Å². The van der Waals surface area contributed by atoms with Gasteiger partial charge in [-0.2, -0.15) is 0 Å². The maximum Gasteiger partial charge on any atom is 0.126 e. The van der Waals surface area contributed by atoms with Crippen LogP contribution < -0.4 is 17.2 Å². The summed E-state index contributed by atoms with van der Waals surface area (Å²) in [4.78, 5) is 5.20. The summed E-state index contributed by atoms with van der Waals surface area (Å²) >= 11 is 0. The normalized spacial score (nSPS) is 12.8. The molecule has 0 bridgehead atoms. The second-order valence-corrected chi connectivity index (χ2v) is 12.9. The van der Waals surface area contributed by atoms with Gasteiger partial charge < -0.3 is 21.8 Å². The minimum atomic E-state index is -0.354. The Bertz CT molecular complexity index is 2580. The molecule has 5 heteroatoms. The number of hydrogen-bond donors (Lipinski definition) is 3. The van der Waals surface area contributed by atoms with Crippen LogP contribution in [0.2, 0.25) is 0 Å². The number of allylic oxidation sites excluding steroid dienone is 2. The predicted octanol–water partition coefficient (Wildman–Crippen LogP) is 10.7. The molecule has 8 aromatic rings. The number of nitrogens with two attached hydrogens (primary N) is 3. The largest absolute Gasteiger partial charge is 0.403 e. The van der Waals surface area contributed by atoms with Crippen molar-refractivity contribution in [2.45, 2.75) is 13.0 Å². The lowest BCUT2D eigenvalue weighted by molar-refractivity contribution is 0.845. The van der Waals surface area contributed by atoms with Crippen LogP contribution in [-0.4, -0.2) is 17.5 Å². The van der Waals surface area contributed by atoms with Crippen molar-refractivity contribution in [2.24, 2.45) is 22.2 Å². The molecule has 0 radical (unpaired) electrons. The molecule has 0 spiro atoms. The standard InChI is InChI=1S/C47H38N4.CH5N/c1-32(30-40(31-48)51-43-19-11-10-18-42(43)45-41-17-9-8-16-37(41)28-29-44(45)51)46(38-24-20-35(21-25-38)33-12-4-2-5-13-33)50-47(49)39-26-22-36(23-27-39)34-14-6-3-7-15-34;1-2/h2-31,46H,48H2,1H3,(H2,49,50);2H2,1H3/b32-30+,40-31+;. The number of aliphatic imine (C=N–C) groups is 1. The first-order valence-corrected chi connectivity index (χ1v) is 17.8. The fourth-order valence-electron chi connectivity index (χ4n) is 7.12. The van der Waals surface area contributed by atoms with Crippen LogP contribution in [-0.2, 0) is 0 Å². The summed E-state index contributed by atoms with van der Waals surface area (Å²) in [7, 11) is 1.50. The van der Waals surface area contributed by atoms with E-state index in [2.05, 4.69) is 157 Å². The molecule has 6 N–H and O–H groups in total. The summed E-state index contributed by atoms with van der Waals surface area (Å²) in [6.45, 7) is 2.11. The van der Waals surface area contributed by atoms with Gasteiger partial charge in [0.1, 0.15) is 5.84 Å². The van der Waals surface area contributed by atoms with Crippen molar-refractivity contribution < 1.29 is 0 Å². The Morgan fingerprint density at radius 3 is 1.72 bits per heavy atom. The number of fused-ring (bicyclic) bond motifs is 5. The van der Waals surface area contributed by atoms with Crippen molar-refractivity contribution in [2.75, 3.05) is 7.05 Å². The SMILES string of the molecule is C/C(=C\C(=C/N)n1c2ccccc2c2c3ccccc3ccc21)C(N=C(N)c1ccc(-c2ccccc2)cc1)c1ccc(-c2ccccc2)cc1.CN. The zero-order valence-corrected chi connectivity index (χ0v) is 30.0. The van der Waals surface area contributed by atoms with Crippen molar-refractivity contribution in [1.29, 1.82) is 0 Å². The molecule has 0 fully saturated rings. The number of nitrogens with zero attached hydrogens (tertiary/aromatic N) is 2. The molecule has 0 aliphatic carbocycles. The zero-order chi connectivity index (χ0) is 36.7. The third-order valence-corrected chi connectivity index (χ3v) is 9.69. The van der Waals surface area contributed by atoms with Crippen molar-refractivity contribution in [1.82, 2.24) is 4.57 Å². The minimum absolute atomic E-state index is 0.354. The molecular formula is C48H43N5. The average Bonchev–Trinajstić information content (AvgIpc) is 3.58. The van der Waals surface area contributed by atoms with E-state index in [-0.39, 0.29) is 6.04 Å². The van der Waals surface area contributed by atoms with E-state index < -0.39 is 0 Å². The number of hydrogen-bond acceptors (Lipinski definition) is 3. The van der Waals surface area contributed by atoms with Crippen molar-refractivity contribution in [3.8, 4) is 22.3 Å². The Balaban J connectivity index is 0.00000214. The van der Waals surface area contributed by atoms with Gasteiger partial charge >= 0.3 is 0 Å². The third-order valence-electron chi connectivity index (χ3n) is 9.69. The Hall–Kier alpha value is -6.69. The van der Waals surface area contributed by atoms with Gasteiger partial charge in [0.25, 0.3) is 0 Å². The van der Waals surface area contributed by atoms with Gasteiger partial charge in [-0.25, -0.2) is 0 Å². The summed E-state index contributed by atoms with van der Waals surface area (Å²) in [5, 5.41) is 4.82. The van der Waals surface area contributed by atoms with Crippen LogP contribution in [0.4, 0.5) is 0 Å². The second kappa shape index (κ2) is 15.7. The molecule has 1 atom stereocenters. The topological polar surface area (TPSA) is 95.3 Å². The molecule has 0 saturated heterocycles. The predicted molar refractivity (Wildman–Crippen MR) is 227 cm³/mol. The highest BCUT2D eigenvalue weighted by atomic mass is 15.0. The Morgan fingerprint density at radius 2 is 1.09 bits per heavy atom. The van der Waals surface area contributed by atoms with Crippen molar-refractivity contribution >= 4 is 44.1 Å². The first-order chi connectivity index (χ1) is 26.1. The van der Waals surface area contributed by atoms with Crippen LogP contribution >= 0.6 is 0 Å². The van der Waals surface area contributed by atoms with Crippen molar-refractivity contribution in [3.63, 3.8) is 0 Å². The van der Waals surface area contributed by atoms with Crippen LogP contribution in [0.25, 0.3) is 60.5 Å². The fraction of sp³-hybridized carbons (Fsp3) is 0.0625. The summed E-state index contributed by atoms with van der Waals surface area (Å²) in [5.74, 6) is 0.473. The van der Waals surface area contributed by atoms with E-state index in [0.717, 1.165) is 50.1 Å². The van der Waals surface area contributed by atoms with Gasteiger partial charge in [0.15, 0.2) is 0 Å². The highest BCUT2D eigenvalue weighted by molar-refractivity contribution is 6.21. The average molecular weight is 690 g/mol. The molecule has 7 aromatic carbocycles. The summed E-state index contributed by atoms with van der Waals surface area (Å²) < 4.78 is 2.26. The van der Waals surface area contributed by atoms with Crippen LogP contribution in [0.15, 0.2) is 193 Å². The van der Waals surface area contributed by atoms with E-state index in [4.69, 9.17) is 16.5 Å². The van der Waals surface area contributed by atoms with Crippen LogP contribution in [0.3, 0.4) is 0 Å². The molecule has 260 valence electrons. The molecule has 5 nitrogen and oxygen atoms in total. The summed E-state index contributed by atoms with van der Waals surface area (Å²) in [6.07, 6.45) is 3.83. The maximum atomic E-state index is 6.82. The first-order valence-electron chi connectivity index (χ1n) is 17.8. The molecule has 53 heavy (non-hydrogen) atoms. The minimum Gasteiger partial charge on any atom is -0.403 e. The molecule has 1 unspecified atom stereocenters. The number of rotatable bonds is 8. The van der Waals surface area contributed by atoms with Gasteiger partial charge in [0, 0.05) is 22.5 Å². The molecule has 8 rings (SSSR count). The quantitative estimate of drug-likeness (QED) is 0.0842. The Kier molecular flexibility index (Phi) is 10.3.